The van der Waals surface area contributed by atoms with Crippen LogP contribution in [0.1, 0.15) is 31.1 Å². The summed E-state index contributed by atoms with van der Waals surface area (Å²) in [7, 11) is 4.02. The van der Waals surface area contributed by atoms with Crippen LogP contribution in [0.2, 0.25) is 0 Å². The number of unbranched alkanes of at least 4 members (excludes halogenated alkanes) is 1. The van der Waals surface area contributed by atoms with Crippen molar-refractivity contribution in [2.45, 2.75) is 32.7 Å². The lowest BCUT2D eigenvalue weighted by Crippen LogP contribution is -2.29. The van der Waals surface area contributed by atoms with Crippen molar-refractivity contribution in [3.63, 3.8) is 0 Å². The molecule has 0 aliphatic carbocycles. The molecule has 0 amide bonds. The molecular formula is C15H22N2O. The minimum absolute atomic E-state index is 0.822. The fourth-order valence-corrected chi connectivity index (χ4v) is 2.12. The molecule has 0 aliphatic heterocycles. The van der Waals surface area contributed by atoms with Crippen LogP contribution < -0.4 is 5.43 Å². The number of rotatable bonds is 6. The quantitative estimate of drug-likeness (QED) is 0.792. The summed E-state index contributed by atoms with van der Waals surface area (Å²) in [4.78, 5) is 0. The highest BCUT2D eigenvalue weighted by atomic mass is 16.3. The zero-order chi connectivity index (χ0) is 13.0. The van der Waals surface area contributed by atoms with Crippen molar-refractivity contribution in [3.8, 4) is 0 Å². The van der Waals surface area contributed by atoms with E-state index in [-0.39, 0.29) is 0 Å². The third-order valence-electron chi connectivity index (χ3n) is 3.11. The molecule has 0 spiro atoms. The van der Waals surface area contributed by atoms with Gasteiger partial charge in [0.05, 0.1) is 0 Å². The Morgan fingerprint density at radius 3 is 2.72 bits per heavy atom. The number of hydrogen-bond acceptors (Lipinski definition) is 3. The average molecular weight is 246 g/mol. The van der Waals surface area contributed by atoms with E-state index in [1.165, 1.54) is 23.8 Å². The molecule has 0 bridgehead atoms. The Bertz CT molecular complexity index is 502. The van der Waals surface area contributed by atoms with Gasteiger partial charge >= 0.3 is 0 Å². The van der Waals surface area contributed by atoms with E-state index in [2.05, 4.69) is 24.5 Å². The van der Waals surface area contributed by atoms with E-state index in [0.717, 1.165) is 24.3 Å². The Balaban J connectivity index is 2.31. The Hall–Kier alpha value is -1.32. The van der Waals surface area contributed by atoms with Gasteiger partial charge in [0, 0.05) is 38.0 Å². The lowest BCUT2D eigenvalue weighted by molar-refractivity contribution is 0.285. The third kappa shape index (κ3) is 2.92. The Morgan fingerprint density at radius 2 is 2.00 bits per heavy atom. The van der Waals surface area contributed by atoms with Gasteiger partial charge in [0.25, 0.3) is 0 Å². The number of benzene rings is 1. The fourth-order valence-electron chi connectivity index (χ4n) is 2.12. The van der Waals surface area contributed by atoms with E-state index in [1.807, 2.05) is 31.2 Å². The second-order valence-corrected chi connectivity index (χ2v) is 4.83. The summed E-state index contributed by atoms with van der Waals surface area (Å²) in [5.41, 5.74) is 5.63. The maximum atomic E-state index is 5.98. The molecule has 1 aromatic carbocycles. The molecule has 0 unspecified atom stereocenters. The molecule has 3 nitrogen and oxygen atoms in total. The summed E-state index contributed by atoms with van der Waals surface area (Å²) in [6, 6.07) is 8.28. The van der Waals surface area contributed by atoms with Crippen molar-refractivity contribution in [3.05, 3.63) is 35.6 Å². The summed E-state index contributed by atoms with van der Waals surface area (Å²) >= 11 is 0. The SMILES string of the molecule is CCCCc1oc2ccccc2c1CNN(C)C. The predicted molar refractivity (Wildman–Crippen MR) is 75.4 cm³/mol. The highest BCUT2D eigenvalue weighted by Crippen LogP contribution is 2.27. The molecule has 3 heteroatoms. The van der Waals surface area contributed by atoms with Crippen LogP contribution in [-0.2, 0) is 13.0 Å². The standard InChI is InChI=1S/C15H22N2O/c1-4-5-9-15-13(11-16-17(2)3)12-8-6-7-10-14(12)18-15/h6-8,10,16H,4-5,9,11H2,1-3H3. The van der Waals surface area contributed by atoms with E-state index in [0.29, 0.717) is 0 Å². The first-order valence-corrected chi connectivity index (χ1v) is 6.62. The molecule has 1 aromatic heterocycles. The summed E-state index contributed by atoms with van der Waals surface area (Å²) in [5, 5.41) is 3.21. The first-order chi connectivity index (χ1) is 8.72. The molecule has 0 aliphatic rings. The Labute approximate surface area is 109 Å². The van der Waals surface area contributed by atoms with Gasteiger partial charge in [-0.3, -0.25) is 10.4 Å². The van der Waals surface area contributed by atoms with E-state index >= 15 is 0 Å². The summed E-state index contributed by atoms with van der Waals surface area (Å²) in [6.07, 6.45) is 3.39. The number of nitrogens with zero attached hydrogens (tertiary/aromatic N) is 1. The van der Waals surface area contributed by atoms with Crippen LogP contribution in [0.3, 0.4) is 0 Å². The number of hydrazine groups is 1. The number of nitrogens with one attached hydrogen (secondary N) is 1. The van der Waals surface area contributed by atoms with Gasteiger partial charge in [-0.2, -0.15) is 0 Å². The summed E-state index contributed by atoms with van der Waals surface area (Å²) in [6.45, 7) is 3.03. The molecule has 18 heavy (non-hydrogen) atoms. The first kappa shape index (κ1) is 13.1. The second kappa shape index (κ2) is 6.03. The Kier molecular flexibility index (Phi) is 4.39. The molecule has 0 saturated heterocycles. The third-order valence-corrected chi connectivity index (χ3v) is 3.11. The lowest BCUT2D eigenvalue weighted by Gasteiger charge is -2.12. The number of para-hydroxylation sites is 1. The maximum Gasteiger partial charge on any atom is 0.134 e. The predicted octanol–water partition coefficient (Wildman–Crippen LogP) is 3.34. The van der Waals surface area contributed by atoms with Gasteiger partial charge in [-0.05, 0) is 12.5 Å². The van der Waals surface area contributed by atoms with Crippen molar-refractivity contribution in [1.29, 1.82) is 0 Å². The molecule has 0 saturated carbocycles. The van der Waals surface area contributed by atoms with Gasteiger partial charge in [0.2, 0.25) is 0 Å². The minimum atomic E-state index is 0.822. The van der Waals surface area contributed by atoms with Crippen molar-refractivity contribution in [2.24, 2.45) is 0 Å². The maximum absolute atomic E-state index is 5.98. The number of hydrogen-bond donors (Lipinski definition) is 1. The van der Waals surface area contributed by atoms with Crippen LogP contribution >= 0.6 is 0 Å². The monoisotopic (exact) mass is 246 g/mol. The van der Waals surface area contributed by atoms with Gasteiger partial charge in [0.1, 0.15) is 11.3 Å². The van der Waals surface area contributed by atoms with Crippen molar-refractivity contribution in [1.82, 2.24) is 10.4 Å². The van der Waals surface area contributed by atoms with E-state index in [1.54, 1.807) is 0 Å². The lowest BCUT2D eigenvalue weighted by atomic mass is 10.1. The molecule has 2 rings (SSSR count). The number of aryl methyl sites for hydroxylation is 1. The molecule has 2 aromatic rings. The molecular weight excluding hydrogens is 224 g/mol. The molecule has 1 N–H and O–H groups in total. The van der Waals surface area contributed by atoms with Gasteiger partial charge < -0.3 is 4.42 Å². The van der Waals surface area contributed by atoms with Crippen molar-refractivity contribution < 1.29 is 4.42 Å². The van der Waals surface area contributed by atoms with Crippen molar-refractivity contribution >= 4 is 11.0 Å². The van der Waals surface area contributed by atoms with Crippen LogP contribution in [0.4, 0.5) is 0 Å². The second-order valence-electron chi connectivity index (χ2n) is 4.83. The summed E-state index contributed by atoms with van der Waals surface area (Å²) in [5.74, 6) is 1.13. The molecule has 0 atom stereocenters. The van der Waals surface area contributed by atoms with Gasteiger partial charge in [-0.25, -0.2) is 0 Å². The van der Waals surface area contributed by atoms with Gasteiger partial charge in [-0.1, -0.05) is 31.5 Å². The van der Waals surface area contributed by atoms with Crippen LogP contribution in [0.15, 0.2) is 28.7 Å². The highest BCUT2D eigenvalue weighted by molar-refractivity contribution is 5.82. The first-order valence-electron chi connectivity index (χ1n) is 6.62. The topological polar surface area (TPSA) is 28.4 Å². The average Bonchev–Trinajstić information content (AvgIpc) is 2.71. The van der Waals surface area contributed by atoms with Crippen LogP contribution in [0.5, 0.6) is 0 Å². The zero-order valence-corrected chi connectivity index (χ0v) is 11.5. The molecule has 1 heterocycles. The zero-order valence-electron chi connectivity index (χ0n) is 11.5. The molecule has 98 valence electrons. The van der Waals surface area contributed by atoms with Crippen LogP contribution in [-0.4, -0.2) is 19.1 Å². The largest absolute Gasteiger partial charge is 0.461 e. The van der Waals surface area contributed by atoms with E-state index in [9.17, 15) is 0 Å². The normalized spacial score (nSPS) is 11.6. The van der Waals surface area contributed by atoms with Gasteiger partial charge in [0.15, 0.2) is 0 Å². The van der Waals surface area contributed by atoms with Crippen LogP contribution in [0, 0.1) is 0 Å². The molecule has 0 radical (unpaired) electrons. The van der Waals surface area contributed by atoms with E-state index in [4.69, 9.17) is 4.42 Å². The Morgan fingerprint density at radius 1 is 1.22 bits per heavy atom. The number of fused-ring (bicyclic) bond motifs is 1. The number of furan rings is 1. The highest BCUT2D eigenvalue weighted by Gasteiger charge is 2.13. The molecule has 0 fully saturated rings. The van der Waals surface area contributed by atoms with Crippen LogP contribution in [0.25, 0.3) is 11.0 Å². The van der Waals surface area contributed by atoms with Crippen molar-refractivity contribution in [2.75, 3.05) is 14.1 Å². The van der Waals surface area contributed by atoms with E-state index < -0.39 is 0 Å². The summed E-state index contributed by atoms with van der Waals surface area (Å²) < 4.78 is 5.98. The smallest absolute Gasteiger partial charge is 0.134 e. The fraction of sp³-hybridized carbons (Fsp3) is 0.467. The van der Waals surface area contributed by atoms with Gasteiger partial charge in [-0.15, -0.1) is 0 Å². The minimum Gasteiger partial charge on any atom is -0.461 e.